The van der Waals surface area contributed by atoms with Gasteiger partial charge in [-0.1, -0.05) is 20.8 Å². The number of halogens is 5. The molecule has 1 atom stereocenters. The number of aromatic nitrogens is 2. The zero-order valence-electron chi connectivity index (χ0n) is 17.8. The van der Waals surface area contributed by atoms with Crippen molar-refractivity contribution in [2.75, 3.05) is 6.61 Å². The molecule has 0 saturated carbocycles. The van der Waals surface area contributed by atoms with Gasteiger partial charge in [0.25, 0.3) is 6.43 Å². The highest BCUT2D eigenvalue weighted by molar-refractivity contribution is 5.94. The Morgan fingerprint density at radius 2 is 1.75 bits per heavy atom. The molecule has 0 amide bonds. The molecule has 0 aliphatic carbocycles. The lowest BCUT2D eigenvalue weighted by atomic mass is 10.00. The summed E-state index contributed by atoms with van der Waals surface area (Å²) in [6.07, 6.45) is -4.13. The van der Waals surface area contributed by atoms with Crippen molar-refractivity contribution >= 4 is 10.9 Å². The summed E-state index contributed by atoms with van der Waals surface area (Å²) < 4.78 is 74.9. The fourth-order valence-corrected chi connectivity index (χ4v) is 3.55. The molecule has 0 spiro atoms. The van der Waals surface area contributed by atoms with E-state index in [1.165, 1.54) is 30.6 Å². The van der Waals surface area contributed by atoms with Gasteiger partial charge in [0.2, 0.25) is 0 Å². The van der Waals surface area contributed by atoms with E-state index in [1.54, 1.807) is 0 Å². The van der Waals surface area contributed by atoms with Crippen molar-refractivity contribution in [3.63, 3.8) is 0 Å². The van der Waals surface area contributed by atoms with Crippen molar-refractivity contribution < 1.29 is 31.4 Å². The highest BCUT2D eigenvalue weighted by Gasteiger charge is 2.31. The van der Waals surface area contributed by atoms with E-state index in [0.29, 0.717) is 22.4 Å². The lowest BCUT2D eigenvalue weighted by molar-refractivity contribution is -0.274. The third kappa shape index (κ3) is 6.05. The number of hydrogen-bond acceptors (Lipinski definition) is 4. The summed E-state index contributed by atoms with van der Waals surface area (Å²) >= 11 is 0. The number of rotatable bonds is 8. The topological polar surface area (TPSA) is 44.2 Å². The van der Waals surface area contributed by atoms with Crippen LogP contribution in [0.5, 0.6) is 11.5 Å². The van der Waals surface area contributed by atoms with Crippen molar-refractivity contribution in [1.29, 1.82) is 0 Å². The van der Waals surface area contributed by atoms with E-state index in [1.807, 2.05) is 6.92 Å². The summed E-state index contributed by atoms with van der Waals surface area (Å²) in [5.41, 5.74) is 0.559. The maximum absolute atomic E-state index is 13.8. The first kappa shape index (κ1) is 23.7. The number of pyridine rings is 2. The number of ether oxygens (including phenoxy) is 2. The van der Waals surface area contributed by atoms with Crippen LogP contribution in [0, 0.1) is 11.8 Å². The van der Waals surface area contributed by atoms with E-state index < -0.39 is 18.5 Å². The Kier molecular flexibility index (Phi) is 7.16. The van der Waals surface area contributed by atoms with E-state index in [0.717, 1.165) is 18.6 Å². The fraction of sp³-hybridized carbons (Fsp3) is 0.391. The molecule has 1 unspecified atom stereocenters. The van der Waals surface area contributed by atoms with Gasteiger partial charge in [-0.15, -0.1) is 13.2 Å². The van der Waals surface area contributed by atoms with Crippen LogP contribution < -0.4 is 9.47 Å². The maximum atomic E-state index is 13.8. The molecule has 3 rings (SSSR count). The third-order valence-electron chi connectivity index (χ3n) is 4.75. The number of fused-ring (bicyclic) bond motifs is 1. The lowest BCUT2D eigenvalue weighted by Crippen LogP contribution is -2.17. The second-order valence-electron chi connectivity index (χ2n) is 8.04. The minimum absolute atomic E-state index is 0.0150. The Labute approximate surface area is 182 Å². The van der Waals surface area contributed by atoms with Crippen LogP contribution in [0.25, 0.3) is 22.2 Å². The Hall–Kier alpha value is -2.97. The molecule has 0 fully saturated rings. The van der Waals surface area contributed by atoms with Gasteiger partial charge < -0.3 is 9.47 Å². The van der Waals surface area contributed by atoms with Gasteiger partial charge in [0, 0.05) is 17.1 Å². The standard InChI is InChI=1S/C23H23F5N2O2/c1-13(2)8-14(3)12-31-21-11-30-20(10-18(21)22(24)25)16-6-7-29-19-5-4-15(9-17(16)19)32-23(26,27)28/h4-7,9-11,13-14,22H,8,12H2,1-3H3. The first-order chi connectivity index (χ1) is 15.0. The van der Waals surface area contributed by atoms with Crippen LogP contribution in [0.15, 0.2) is 42.7 Å². The smallest absolute Gasteiger partial charge is 0.491 e. The molecule has 0 radical (unpaired) electrons. The zero-order valence-corrected chi connectivity index (χ0v) is 17.8. The van der Waals surface area contributed by atoms with Crippen LogP contribution in [-0.4, -0.2) is 22.9 Å². The summed E-state index contributed by atoms with van der Waals surface area (Å²) in [5.74, 6) is 0.178. The summed E-state index contributed by atoms with van der Waals surface area (Å²) in [4.78, 5) is 8.35. The van der Waals surface area contributed by atoms with Crippen molar-refractivity contribution in [3.05, 3.63) is 48.3 Å². The second kappa shape index (κ2) is 9.67. The molecule has 9 heteroatoms. The van der Waals surface area contributed by atoms with Gasteiger partial charge in [-0.2, -0.15) is 0 Å². The largest absolute Gasteiger partial charge is 0.573 e. The van der Waals surface area contributed by atoms with Gasteiger partial charge in [-0.3, -0.25) is 9.97 Å². The Balaban J connectivity index is 1.96. The van der Waals surface area contributed by atoms with E-state index in [2.05, 4.69) is 28.6 Å². The van der Waals surface area contributed by atoms with Crippen LogP contribution in [0.3, 0.4) is 0 Å². The Morgan fingerprint density at radius 3 is 2.41 bits per heavy atom. The zero-order chi connectivity index (χ0) is 23.5. The molecular weight excluding hydrogens is 431 g/mol. The minimum atomic E-state index is -4.86. The monoisotopic (exact) mass is 454 g/mol. The van der Waals surface area contributed by atoms with Gasteiger partial charge in [0.15, 0.2) is 0 Å². The minimum Gasteiger partial charge on any atom is -0.491 e. The van der Waals surface area contributed by atoms with E-state index in [4.69, 9.17) is 4.74 Å². The average molecular weight is 454 g/mol. The van der Waals surface area contributed by atoms with Crippen molar-refractivity contribution in [1.82, 2.24) is 9.97 Å². The first-order valence-electron chi connectivity index (χ1n) is 10.1. The quantitative estimate of drug-likeness (QED) is 0.338. The number of benzene rings is 1. The van der Waals surface area contributed by atoms with Crippen LogP contribution in [0.4, 0.5) is 22.0 Å². The molecule has 0 N–H and O–H groups in total. The molecule has 0 aliphatic heterocycles. The van der Waals surface area contributed by atoms with E-state index >= 15 is 0 Å². The van der Waals surface area contributed by atoms with Crippen LogP contribution in [-0.2, 0) is 0 Å². The van der Waals surface area contributed by atoms with Crippen LogP contribution in [0.2, 0.25) is 0 Å². The van der Waals surface area contributed by atoms with Gasteiger partial charge in [-0.25, -0.2) is 8.78 Å². The number of alkyl halides is 5. The summed E-state index contributed by atoms with van der Waals surface area (Å²) in [6, 6.07) is 6.36. The van der Waals surface area contributed by atoms with E-state index in [9.17, 15) is 22.0 Å². The fourth-order valence-electron chi connectivity index (χ4n) is 3.55. The van der Waals surface area contributed by atoms with E-state index in [-0.39, 0.29) is 29.5 Å². The molecule has 3 aromatic rings. The molecule has 1 aromatic carbocycles. The molecule has 0 aliphatic rings. The van der Waals surface area contributed by atoms with Crippen molar-refractivity contribution in [3.8, 4) is 22.8 Å². The predicted octanol–water partition coefficient (Wildman–Crippen LogP) is 7.19. The highest BCUT2D eigenvalue weighted by Crippen LogP contribution is 2.36. The molecule has 4 nitrogen and oxygen atoms in total. The lowest BCUT2D eigenvalue weighted by Gasteiger charge is -2.17. The predicted molar refractivity (Wildman–Crippen MR) is 111 cm³/mol. The van der Waals surface area contributed by atoms with Crippen molar-refractivity contribution in [2.24, 2.45) is 11.8 Å². The number of nitrogens with zero attached hydrogens (tertiary/aromatic N) is 2. The molecule has 2 heterocycles. The average Bonchev–Trinajstić information content (AvgIpc) is 2.70. The number of hydrogen-bond donors (Lipinski definition) is 0. The normalized spacial score (nSPS) is 13.1. The molecular formula is C23H23F5N2O2. The van der Waals surface area contributed by atoms with Gasteiger partial charge in [0.1, 0.15) is 11.5 Å². The SMILES string of the molecule is CC(C)CC(C)COc1cnc(-c2ccnc3ccc(OC(F)(F)F)cc23)cc1C(F)F. The van der Waals surface area contributed by atoms with Crippen LogP contribution >= 0.6 is 0 Å². The first-order valence-corrected chi connectivity index (χ1v) is 10.1. The molecule has 32 heavy (non-hydrogen) atoms. The summed E-state index contributed by atoms with van der Waals surface area (Å²) in [7, 11) is 0. The van der Waals surface area contributed by atoms with Gasteiger partial charge >= 0.3 is 6.36 Å². The Morgan fingerprint density at radius 1 is 1.00 bits per heavy atom. The molecule has 0 bridgehead atoms. The van der Waals surface area contributed by atoms with Gasteiger partial charge in [-0.05, 0) is 48.6 Å². The molecule has 0 saturated heterocycles. The Bertz CT molecular complexity index is 1070. The summed E-state index contributed by atoms with van der Waals surface area (Å²) in [6.45, 7) is 6.39. The molecule has 172 valence electrons. The third-order valence-corrected chi connectivity index (χ3v) is 4.75. The summed E-state index contributed by atoms with van der Waals surface area (Å²) in [5, 5.41) is 0.293. The maximum Gasteiger partial charge on any atom is 0.573 e. The van der Waals surface area contributed by atoms with Crippen molar-refractivity contribution in [2.45, 2.75) is 40.0 Å². The van der Waals surface area contributed by atoms with Crippen LogP contribution in [0.1, 0.15) is 39.2 Å². The highest BCUT2D eigenvalue weighted by atomic mass is 19.4. The molecule has 2 aromatic heterocycles. The van der Waals surface area contributed by atoms with Gasteiger partial charge in [0.05, 0.1) is 29.6 Å². The second-order valence-corrected chi connectivity index (χ2v) is 8.04.